The van der Waals surface area contributed by atoms with Gasteiger partial charge >= 0.3 is 6.03 Å². The summed E-state index contributed by atoms with van der Waals surface area (Å²) in [5.41, 5.74) is 7.40. The number of imide groups is 1. The van der Waals surface area contributed by atoms with E-state index < -0.39 is 6.03 Å². The molecule has 0 aromatic heterocycles. The molecule has 1 unspecified atom stereocenters. The monoisotopic (exact) mass is 278 g/mol. The Morgan fingerprint density at radius 3 is 2.20 bits per heavy atom. The third kappa shape index (κ3) is 4.66. The Labute approximate surface area is 120 Å². The Bertz CT molecular complexity index is 469. The van der Waals surface area contributed by atoms with Crippen LogP contribution in [0.15, 0.2) is 24.3 Å². The summed E-state index contributed by atoms with van der Waals surface area (Å²) in [6, 6.07) is 7.24. The number of nitrogens with one attached hydrogen (secondary N) is 2. The number of quaternary nitrogens is 1. The van der Waals surface area contributed by atoms with Gasteiger partial charge in [0.1, 0.15) is 6.54 Å². The zero-order valence-electron chi connectivity index (χ0n) is 12.6. The van der Waals surface area contributed by atoms with Crippen molar-refractivity contribution in [2.24, 2.45) is 5.73 Å². The molecule has 3 amide bonds. The van der Waals surface area contributed by atoms with Gasteiger partial charge in [0.05, 0.1) is 7.05 Å². The Hall–Kier alpha value is -1.88. The van der Waals surface area contributed by atoms with Crippen molar-refractivity contribution in [3.63, 3.8) is 0 Å². The van der Waals surface area contributed by atoms with Crippen molar-refractivity contribution < 1.29 is 14.5 Å². The Morgan fingerprint density at radius 1 is 1.20 bits per heavy atom. The fraction of sp³-hybridized carbons (Fsp3) is 0.467. The molecule has 0 aliphatic heterocycles. The molecule has 0 saturated carbocycles. The average Bonchev–Trinajstić information content (AvgIpc) is 2.37. The lowest BCUT2D eigenvalue weighted by molar-refractivity contribution is -0.908. The van der Waals surface area contributed by atoms with Crippen molar-refractivity contribution in [1.82, 2.24) is 5.32 Å². The molecule has 0 aliphatic rings. The molecule has 0 radical (unpaired) electrons. The van der Waals surface area contributed by atoms with Gasteiger partial charge in [0.2, 0.25) is 0 Å². The maximum atomic E-state index is 11.7. The molecule has 0 heterocycles. The molecule has 1 rings (SSSR count). The molecule has 0 fully saturated rings. The molecule has 0 saturated heterocycles. The van der Waals surface area contributed by atoms with Crippen LogP contribution < -0.4 is 16.0 Å². The maximum absolute atomic E-state index is 11.7. The number of hydrogen-bond donors (Lipinski definition) is 3. The number of likely N-dealkylation sites (N-methyl/N-ethyl adjacent to an activating group) is 1. The molecular weight excluding hydrogens is 254 g/mol. The molecule has 4 N–H and O–H groups in total. The maximum Gasteiger partial charge on any atom is 0.319 e. The van der Waals surface area contributed by atoms with Crippen LogP contribution >= 0.6 is 0 Å². The van der Waals surface area contributed by atoms with Gasteiger partial charge in [-0.25, -0.2) is 4.79 Å². The van der Waals surface area contributed by atoms with Crippen LogP contribution in [0.5, 0.6) is 0 Å². The Morgan fingerprint density at radius 2 is 1.75 bits per heavy atom. The first kappa shape index (κ1) is 16.2. The minimum absolute atomic E-state index is 0.340. The number of amides is 3. The van der Waals surface area contributed by atoms with E-state index in [1.165, 1.54) is 5.56 Å². The highest BCUT2D eigenvalue weighted by atomic mass is 16.2. The summed E-state index contributed by atoms with van der Waals surface area (Å²) in [5, 5.41) is 2.11. The quantitative estimate of drug-likeness (QED) is 0.729. The number of rotatable bonds is 5. The Kier molecular flexibility index (Phi) is 5.70. The standard InChI is InChI=1S/C15H23N3O2/c1-10(2)13-7-5-12(6-8-13)9-18(4)11(3)14(19)17-15(16)20/h5-8,10-11H,9H2,1-4H3,(H3,16,17,19,20)/p+1/t11-/m0/s1. The van der Waals surface area contributed by atoms with Gasteiger partial charge in [0.15, 0.2) is 6.04 Å². The second kappa shape index (κ2) is 7.05. The highest BCUT2D eigenvalue weighted by molar-refractivity contribution is 5.95. The van der Waals surface area contributed by atoms with Crippen molar-refractivity contribution in [3.05, 3.63) is 35.4 Å². The molecule has 5 heteroatoms. The summed E-state index contributed by atoms with van der Waals surface area (Å²) in [4.78, 5) is 23.4. The highest BCUT2D eigenvalue weighted by Gasteiger charge is 2.22. The third-order valence-corrected chi connectivity index (χ3v) is 3.51. The predicted molar refractivity (Wildman–Crippen MR) is 78.3 cm³/mol. The van der Waals surface area contributed by atoms with E-state index in [2.05, 4.69) is 43.4 Å². The van der Waals surface area contributed by atoms with E-state index in [4.69, 9.17) is 5.73 Å². The van der Waals surface area contributed by atoms with Crippen molar-refractivity contribution in [3.8, 4) is 0 Å². The summed E-state index contributed by atoms with van der Waals surface area (Å²) in [7, 11) is 1.92. The van der Waals surface area contributed by atoms with Crippen LogP contribution in [-0.2, 0) is 11.3 Å². The molecule has 0 bridgehead atoms. The van der Waals surface area contributed by atoms with Gasteiger partial charge in [-0.1, -0.05) is 38.1 Å². The summed E-state index contributed by atoms with van der Waals surface area (Å²) in [6.07, 6.45) is 0. The molecule has 0 spiro atoms. The summed E-state index contributed by atoms with van der Waals surface area (Å²) in [6.45, 7) is 6.80. The number of urea groups is 1. The number of benzene rings is 1. The zero-order chi connectivity index (χ0) is 15.3. The van der Waals surface area contributed by atoms with E-state index in [0.717, 1.165) is 10.5 Å². The lowest BCUT2D eigenvalue weighted by atomic mass is 10.0. The fourth-order valence-corrected chi connectivity index (χ4v) is 1.95. The molecule has 1 aromatic rings. The van der Waals surface area contributed by atoms with Crippen LogP contribution in [0.3, 0.4) is 0 Å². The van der Waals surface area contributed by atoms with E-state index in [0.29, 0.717) is 12.5 Å². The first-order valence-electron chi connectivity index (χ1n) is 6.82. The lowest BCUT2D eigenvalue weighted by Gasteiger charge is -2.20. The van der Waals surface area contributed by atoms with Gasteiger partial charge in [-0.2, -0.15) is 0 Å². The largest absolute Gasteiger partial charge is 0.351 e. The van der Waals surface area contributed by atoms with Crippen molar-refractivity contribution >= 4 is 11.9 Å². The smallest absolute Gasteiger partial charge is 0.319 e. The van der Waals surface area contributed by atoms with Crippen molar-refractivity contribution in [2.75, 3.05) is 7.05 Å². The minimum atomic E-state index is -0.809. The first-order valence-corrected chi connectivity index (χ1v) is 6.82. The normalized spacial score (nSPS) is 13.8. The highest BCUT2D eigenvalue weighted by Crippen LogP contribution is 2.14. The van der Waals surface area contributed by atoms with Gasteiger partial charge in [0, 0.05) is 5.56 Å². The van der Waals surface area contributed by atoms with Crippen LogP contribution in [-0.4, -0.2) is 25.0 Å². The van der Waals surface area contributed by atoms with E-state index in [-0.39, 0.29) is 11.9 Å². The molecular formula is C15H24N3O2+. The predicted octanol–water partition coefficient (Wildman–Crippen LogP) is 0.408. The fourth-order valence-electron chi connectivity index (χ4n) is 1.95. The van der Waals surface area contributed by atoms with Crippen molar-refractivity contribution in [1.29, 1.82) is 0 Å². The van der Waals surface area contributed by atoms with Gasteiger partial charge in [0.25, 0.3) is 5.91 Å². The van der Waals surface area contributed by atoms with E-state index in [9.17, 15) is 9.59 Å². The van der Waals surface area contributed by atoms with Crippen molar-refractivity contribution in [2.45, 2.75) is 39.3 Å². The van der Waals surface area contributed by atoms with Crippen LogP contribution in [0.2, 0.25) is 0 Å². The number of nitrogens with two attached hydrogens (primary N) is 1. The molecule has 2 atom stereocenters. The number of carbonyl (C=O) groups excluding carboxylic acids is 2. The van der Waals surface area contributed by atoms with Crippen LogP contribution in [0.4, 0.5) is 4.79 Å². The molecule has 5 nitrogen and oxygen atoms in total. The third-order valence-electron chi connectivity index (χ3n) is 3.51. The summed E-state index contributed by atoms with van der Waals surface area (Å²) in [5.74, 6) is 0.156. The van der Waals surface area contributed by atoms with Gasteiger partial charge in [-0.05, 0) is 18.4 Å². The zero-order valence-corrected chi connectivity index (χ0v) is 12.6. The van der Waals surface area contributed by atoms with Gasteiger partial charge in [-0.3, -0.25) is 10.1 Å². The van der Waals surface area contributed by atoms with Gasteiger partial charge < -0.3 is 10.6 Å². The SMILES string of the molecule is CC(C)c1ccc(C[NH+](C)[C@@H](C)C(=O)NC(N)=O)cc1. The van der Waals surface area contributed by atoms with Gasteiger partial charge in [-0.15, -0.1) is 0 Å². The summed E-state index contributed by atoms with van der Waals surface area (Å²) >= 11 is 0. The topological polar surface area (TPSA) is 76.6 Å². The second-order valence-electron chi connectivity index (χ2n) is 5.49. The number of carbonyl (C=O) groups is 2. The average molecular weight is 278 g/mol. The summed E-state index contributed by atoms with van der Waals surface area (Å²) < 4.78 is 0. The lowest BCUT2D eigenvalue weighted by Crippen LogP contribution is -3.12. The Balaban J connectivity index is 2.63. The molecule has 110 valence electrons. The van der Waals surface area contributed by atoms with E-state index >= 15 is 0 Å². The molecule has 20 heavy (non-hydrogen) atoms. The second-order valence-corrected chi connectivity index (χ2v) is 5.49. The van der Waals surface area contributed by atoms with Crippen LogP contribution in [0, 0.1) is 0 Å². The molecule has 1 aromatic carbocycles. The molecule has 0 aliphatic carbocycles. The number of primary amides is 1. The minimum Gasteiger partial charge on any atom is -0.351 e. The number of hydrogen-bond acceptors (Lipinski definition) is 2. The van der Waals surface area contributed by atoms with E-state index in [1.807, 2.05) is 7.05 Å². The first-order chi connectivity index (χ1) is 9.31. The van der Waals surface area contributed by atoms with Crippen LogP contribution in [0.1, 0.15) is 37.8 Å². The van der Waals surface area contributed by atoms with Crippen LogP contribution in [0.25, 0.3) is 0 Å². The van der Waals surface area contributed by atoms with E-state index in [1.54, 1.807) is 6.92 Å².